The van der Waals surface area contributed by atoms with Gasteiger partial charge < -0.3 is 9.47 Å². The lowest BCUT2D eigenvalue weighted by Gasteiger charge is -2.30. The molecule has 0 unspecified atom stereocenters. The van der Waals surface area contributed by atoms with Gasteiger partial charge in [-0.25, -0.2) is 0 Å². The van der Waals surface area contributed by atoms with Gasteiger partial charge in [-0.3, -0.25) is 0 Å². The van der Waals surface area contributed by atoms with E-state index in [1.807, 2.05) is 24.3 Å². The molecule has 130 valence electrons. The molecule has 2 aromatic rings. The molecule has 0 bridgehead atoms. The fraction of sp³-hybridized carbons (Fsp3) is 0.381. The van der Waals surface area contributed by atoms with Crippen molar-refractivity contribution >= 4 is 23.1 Å². The quantitative estimate of drug-likeness (QED) is 0.501. The largest absolute Gasteiger partial charge is 0.348 e. The summed E-state index contributed by atoms with van der Waals surface area (Å²) >= 11 is 4.72. The molecule has 0 N–H and O–H groups in total. The molecule has 1 heterocycles. The van der Waals surface area contributed by atoms with Gasteiger partial charge in [0.05, 0.1) is 24.1 Å². The number of hydrogen-bond acceptors (Lipinski definition) is 4. The number of benzene rings is 2. The lowest BCUT2D eigenvalue weighted by atomic mass is 9.97. The van der Waals surface area contributed by atoms with Gasteiger partial charge in [0.1, 0.15) is 0 Å². The lowest BCUT2D eigenvalue weighted by molar-refractivity contribution is -0.191. The zero-order valence-corrected chi connectivity index (χ0v) is 15.3. The van der Waals surface area contributed by atoms with Crippen LogP contribution in [-0.2, 0) is 15.9 Å². The van der Waals surface area contributed by atoms with Crippen LogP contribution in [0.15, 0.2) is 53.5 Å². The van der Waals surface area contributed by atoms with Crippen LogP contribution in [0, 0.1) is 0 Å². The maximum atomic E-state index is 5.97. The summed E-state index contributed by atoms with van der Waals surface area (Å²) in [6, 6.07) is 16.6. The van der Waals surface area contributed by atoms with Gasteiger partial charge in [-0.2, -0.15) is 4.99 Å². The molecular formula is C21H23NO2S. The van der Waals surface area contributed by atoms with Crippen molar-refractivity contribution in [3.05, 3.63) is 65.2 Å². The third-order valence-corrected chi connectivity index (χ3v) is 4.62. The van der Waals surface area contributed by atoms with Crippen LogP contribution >= 0.6 is 12.2 Å². The van der Waals surface area contributed by atoms with Crippen molar-refractivity contribution in [1.82, 2.24) is 0 Å². The maximum absolute atomic E-state index is 5.97. The van der Waals surface area contributed by atoms with Crippen molar-refractivity contribution in [2.24, 2.45) is 4.99 Å². The Kier molecular flexibility index (Phi) is 6.48. The molecular weight excluding hydrogens is 330 g/mol. The van der Waals surface area contributed by atoms with E-state index in [-0.39, 0.29) is 5.92 Å². The van der Waals surface area contributed by atoms with Crippen molar-refractivity contribution in [3.8, 4) is 0 Å². The molecule has 0 radical (unpaired) electrons. The van der Waals surface area contributed by atoms with Gasteiger partial charge in [0, 0.05) is 11.5 Å². The number of aryl methyl sites for hydroxylation is 1. The first-order valence-corrected chi connectivity index (χ1v) is 9.21. The number of thiocarbonyl (C=S) groups is 1. The molecule has 3 nitrogen and oxygen atoms in total. The fourth-order valence-electron chi connectivity index (χ4n) is 3.05. The Labute approximate surface area is 154 Å². The maximum Gasteiger partial charge on any atom is 0.185 e. The summed E-state index contributed by atoms with van der Waals surface area (Å²) in [6.07, 6.45) is 3.21. The van der Waals surface area contributed by atoms with E-state index >= 15 is 0 Å². The average Bonchev–Trinajstić information content (AvgIpc) is 2.68. The highest BCUT2D eigenvalue weighted by Gasteiger charge is 2.26. The number of rotatable bonds is 6. The summed E-state index contributed by atoms with van der Waals surface area (Å²) in [4.78, 5) is 4.10. The first-order chi connectivity index (χ1) is 12.3. The monoisotopic (exact) mass is 353 g/mol. The van der Waals surface area contributed by atoms with E-state index in [1.165, 1.54) is 24.0 Å². The Hall–Kier alpha value is -1.84. The molecule has 4 heteroatoms. The molecule has 1 aliphatic heterocycles. The minimum atomic E-state index is -0.400. The van der Waals surface area contributed by atoms with Gasteiger partial charge >= 0.3 is 0 Å². The Morgan fingerprint density at radius 1 is 1.08 bits per heavy atom. The summed E-state index contributed by atoms with van der Waals surface area (Å²) in [5, 5.41) is 2.42. The van der Waals surface area contributed by atoms with Crippen LogP contribution in [0.3, 0.4) is 0 Å². The summed E-state index contributed by atoms with van der Waals surface area (Å²) in [5.74, 6) is 0.262. The molecule has 0 aliphatic carbocycles. The first-order valence-electron chi connectivity index (χ1n) is 8.80. The Balaban J connectivity index is 1.63. The molecule has 25 heavy (non-hydrogen) atoms. The third-order valence-electron chi connectivity index (χ3n) is 4.52. The molecule has 1 saturated heterocycles. The highest BCUT2D eigenvalue weighted by Crippen LogP contribution is 2.34. The second-order valence-corrected chi connectivity index (χ2v) is 6.49. The van der Waals surface area contributed by atoms with Crippen LogP contribution in [0.2, 0.25) is 0 Å². The van der Waals surface area contributed by atoms with Crippen molar-refractivity contribution in [3.63, 3.8) is 0 Å². The fourth-order valence-corrected chi connectivity index (χ4v) is 3.15. The molecule has 0 saturated carbocycles. The van der Waals surface area contributed by atoms with E-state index in [9.17, 15) is 0 Å². The lowest BCUT2D eigenvalue weighted by Crippen LogP contribution is -2.25. The van der Waals surface area contributed by atoms with Crippen molar-refractivity contribution < 1.29 is 9.47 Å². The molecule has 0 amide bonds. The number of hydrogen-bond donors (Lipinski definition) is 0. The van der Waals surface area contributed by atoms with Gasteiger partial charge in [0.25, 0.3) is 0 Å². The highest BCUT2D eigenvalue weighted by atomic mass is 32.1. The van der Waals surface area contributed by atoms with Gasteiger partial charge in [-0.15, -0.1) is 0 Å². The topological polar surface area (TPSA) is 30.8 Å². The van der Waals surface area contributed by atoms with Crippen molar-refractivity contribution in [2.75, 3.05) is 13.2 Å². The van der Waals surface area contributed by atoms with Crippen molar-refractivity contribution in [1.29, 1.82) is 0 Å². The molecule has 3 rings (SSSR count). The minimum Gasteiger partial charge on any atom is -0.348 e. The summed E-state index contributed by atoms with van der Waals surface area (Å²) in [5.41, 5.74) is 4.31. The predicted octanol–water partition coefficient (Wildman–Crippen LogP) is 5.59. The molecule has 0 aromatic heterocycles. The Morgan fingerprint density at radius 2 is 1.80 bits per heavy atom. The number of isothiocyanates is 1. The molecule has 0 atom stereocenters. The second kappa shape index (κ2) is 9.02. The zero-order chi connectivity index (χ0) is 17.5. The number of ether oxygens (including phenoxy) is 2. The van der Waals surface area contributed by atoms with Crippen LogP contribution in [0.5, 0.6) is 0 Å². The van der Waals surface area contributed by atoms with E-state index in [0.29, 0.717) is 13.2 Å². The molecule has 1 aliphatic rings. The summed E-state index contributed by atoms with van der Waals surface area (Å²) in [7, 11) is 0. The summed E-state index contributed by atoms with van der Waals surface area (Å²) in [6.45, 7) is 3.49. The number of unbranched alkanes of at least 4 members (excludes halogenated alkanes) is 1. The summed E-state index contributed by atoms with van der Waals surface area (Å²) < 4.78 is 11.9. The van der Waals surface area contributed by atoms with Gasteiger partial charge in [0.15, 0.2) is 6.29 Å². The Morgan fingerprint density at radius 3 is 2.48 bits per heavy atom. The SMILES string of the molecule is CCCCc1ccc(C2COC(c3ccccc3N=C=S)OC2)cc1. The number of nitrogens with zero attached hydrogens (tertiary/aromatic N) is 1. The van der Waals surface area contributed by atoms with E-state index in [2.05, 4.69) is 41.3 Å². The highest BCUT2D eigenvalue weighted by molar-refractivity contribution is 7.78. The predicted molar refractivity (Wildman–Crippen MR) is 104 cm³/mol. The normalized spacial score (nSPS) is 20.0. The second-order valence-electron chi connectivity index (χ2n) is 6.30. The zero-order valence-electron chi connectivity index (χ0n) is 14.5. The van der Waals surface area contributed by atoms with E-state index in [0.717, 1.165) is 17.7 Å². The first kappa shape index (κ1) is 18.0. The standard InChI is InChI=1S/C21H23NO2S/c1-2-3-6-16-9-11-17(12-10-16)18-13-23-21(24-14-18)19-7-4-5-8-20(19)22-15-25/h4-5,7-12,18,21H,2-3,6,13-14H2,1H3. The third kappa shape index (κ3) is 4.62. The van der Waals surface area contributed by atoms with E-state index < -0.39 is 6.29 Å². The average molecular weight is 353 g/mol. The minimum absolute atomic E-state index is 0.262. The van der Waals surface area contributed by atoms with Gasteiger partial charge in [-0.1, -0.05) is 55.8 Å². The smallest absolute Gasteiger partial charge is 0.185 e. The molecule has 2 aromatic carbocycles. The van der Waals surface area contributed by atoms with Gasteiger partial charge in [-0.05, 0) is 42.3 Å². The molecule has 1 fully saturated rings. The number of para-hydroxylation sites is 1. The van der Waals surface area contributed by atoms with Crippen molar-refractivity contribution in [2.45, 2.75) is 38.4 Å². The van der Waals surface area contributed by atoms with Gasteiger partial charge in [0.2, 0.25) is 0 Å². The van der Waals surface area contributed by atoms with Crippen LogP contribution in [0.4, 0.5) is 5.69 Å². The number of aliphatic imine (C=N–C) groups is 1. The van der Waals surface area contributed by atoms with E-state index in [1.54, 1.807) is 0 Å². The Bertz CT molecular complexity index is 730. The molecule has 0 spiro atoms. The van der Waals surface area contributed by atoms with Crippen LogP contribution in [0.1, 0.15) is 48.7 Å². The van der Waals surface area contributed by atoms with Crippen LogP contribution < -0.4 is 0 Å². The van der Waals surface area contributed by atoms with Crippen LogP contribution in [-0.4, -0.2) is 18.4 Å². The van der Waals surface area contributed by atoms with E-state index in [4.69, 9.17) is 21.7 Å². The van der Waals surface area contributed by atoms with Crippen LogP contribution in [0.25, 0.3) is 0 Å².